The van der Waals surface area contributed by atoms with E-state index in [1.165, 1.54) is 22.7 Å². The van der Waals surface area contributed by atoms with Crippen LogP contribution in [0.4, 0.5) is 11.4 Å². The van der Waals surface area contributed by atoms with Crippen LogP contribution in [-0.4, -0.2) is 46.7 Å². The minimum absolute atomic E-state index is 0.105. The second kappa shape index (κ2) is 10.1. The Labute approximate surface area is 196 Å². The van der Waals surface area contributed by atoms with Crippen LogP contribution in [-0.2, 0) is 10.0 Å². The summed E-state index contributed by atoms with van der Waals surface area (Å²) >= 11 is 6.49. The molecule has 0 bridgehead atoms. The van der Waals surface area contributed by atoms with Gasteiger partial charge < -0.3 is 0 Å². The molecule has 0 amide bonds. The summed E-state index contributed by atoms with van der Waals surface area (Å²) in [5, 5.41) is 20.1. The van der Waals surface area contributed by atoms with E-state index in [2.05, 4.69) is 15.6 Å². The zero-order chi connectivity index (χ0) is 24.2. The van der Waals surface area contributed by atoms with Crippen LogP contribution in [0.1, 0.15) is 25.1 Å². The monoisotopic (exact) mass is 490 g/mol. The van der Waals surface area contributed by atoms with Crippen LogP contribution in [0.2, 0.25) is 5.15 Å². The number of nitrogens with zero attached hydrogens (tertiary/aromatic N) is 5. The number of para-hydroxylation sites is 1. The Balaban J connectivity index is 1.97. The number of non-ortho nitro benzene ring substituents is 1. The van der Waals surface area contributed by atoms with E-state index in [0.29, 0.717) is 16.4 Å². The van der Waals surface area contributed by atoms with Crippen LogP contribution in [0, 0.1) is 17.0 Å². The van der Waals surface area contributed by atoms with Gasteiger partial charge in [0.1, 0.15) is 10.0 Å². The number of hydrogen-bond donors (Lipinski definition) is 1. The lowest BCUT2D eigenvalue weighted by atomic mass is 10.3. The molecule has 1 aromatic heterocycles. The van der Waals surface area contributed by atoms with E-state index in [9.17, 15) is 18.5 Å². The molecule has 0 spiro atoms. The number of halogens is 1. The molecule has 0 saturated heterocycles. The molecule has 3 aromatic rings. The molecule has 0 atom stereocenters. The van der Waals surface area contributed by atoms with Crippen molar-refractivity contribution < 1.29 is 13.3 Å². The van der Waals surface area contributed by atoms with Crippen LogP contribution < -0.4 is 5.43 Å². The second-order valence-corrected chi connectivity index (χ2v) is 9.20. The summed E-state index contributed by atoms with van der Waals surface area (Å²) in [7, 11) is -3.98. The first-order chi connectivity index (χ1) is 15.7. The lowest BCUT2D eigenvalue weighted by Crippen LogP contribution is -2.31. The van der Waals surface area contributed by atoms with Crippen molar-refractivity contribution >= 4 is 39.2 Å². The van der Waals surface area contributed by atoms with Gasteiger partial charge in [0.15, 0.2) is 0 Å². The lowest BCUT2D eigenvalue weighted by Gasteiger charge is -2.20. The van der Waals surface area contributed by atoms with E-state index in [4.69, 9.17) is 11.6 Å². The van der Waals surface area contributed by atoms with Gasteiger partial charge in [-0.3, -0.25) is 15.5 Å². The number of sulfonamides is 1. The minimum Gasteiger partial charge on any atom is -0.277 e. The first kappa shape index (κ1) is 24.4. The summed E-state index contributed by atoms with van der Waals surface area (Å²) in [6, 6.07) is 12.9. The van der Waals surface area contributed by atoms with E-state index >= 15 is 0 Å². The van der Waals surface area contributed by atoms with Crippen molar-refractivity contribution in [2.75, 3.05) is 18.5 Å². The highest BCUT2D eigenvalue weighted by molar-refractivity contribution is 7.89. The molecule has 0 aliphatic rings. The zero-order valence-electron chi connectivity index (χ0n) is 18.3. The van der Waals surface area contributed by atoms with Gasteiger partial charge in [-0.05, 0) is 25.1 Å². The predicted octanol–water partition coefficient (Wildman–Crippen LogP) is 4.22. The molecule has 0 radical (unpaired) electrons. The summed E-state index contributed by atoms with van der Waals surface area (Å²) in [5.41, 5.74) is 4.40. The van der Waals surface area contributed by atoms with Gasteiger partial charge in [0, 0.05) is 25.2 Å². The number of aromatic nitrogens is 2. The summed E-state index contributed by atoms with van der Waals surface area (Å²) in [4.78, 5) is 10.3. The molecular formula is C21H23ClN6O4S. The van der Waals surface area contributed by atoms with Crippen molar-refractivity contribution in [3.05, 3.63) is 75.1 Å². The van der Waals surface area contributed by atoms with Crippen molar-refractivity contribution in [1.82, 2.24) is 14.1 Å². The van der Waals surface area contributed by atoms with Gasteiger partial charge >= 0.3 is 0 Å². The number of nitro groups is 1. The maximum atomic E-state index is 13.1. The molecular weight excluding hydrogens is 468 g/mol. The van der Waals surface area contributed by atoms with Crippen LogP contribution in [0.15, 0.2) is 58.5 Å². The molecule has 0 saturated carbocycles. The normalized spacial score (nSPS) is 11.9. The molecule has 1 heterocycles. The first-order valence-electron chi connectivity index (χ1n) is 10.1. The molecule has 10 nitrogen and oxygen atoms in total. The van der Waals surface area contributed by atoms with Crippen molar-refractivity contribution in [2.24, 2.45) is 5.10 Å². The van der Waals surface area contributed by atoms with Gasteiger partial charge in [-0.1, -0.05) is 43.6 Å². The number of aryl methyl sites for hydroxylation is 1. The third kappa shape index (κ3) is 5.05. The highest BCUT2D eigenvalue weighted by Gasteiger charge is 2.27. The van der Waals surface area contributed by atoms with Crippen molar-refractivity contribution in [3.63, 3.8) is 0 Å². The molecule has 1 N–H and O–H groups in total. The number of anilines is 1. The molecule has 174 valence electrons. The Morgan fingerprint density at radius 2 is 1.88 bits per heavy atom. The number of rotatable bonds is 9. The van der Waals surface area contributed by atoms with Gasteiger partial charge in [-0.15, -0.1) is 0 Å². The second-order valence-electron chi connectivity index (χ2n) is 6.93. The van der Waals surface area contributed by atoms with Gasteiger partial charge in [0.25, 0.3) is 5.69 Å². The zero-order valence-corrected chi connectivity index (χ0v) is 19.8. The number of nitro benzene ring substituents is 1. The first-order valence-corrected chi connectivity index (χ1v) is 11.9. The van der Waals surface area contributed by atoms with E-state index in [1.54, 1.807) is 25.5 Å². The Kier molecular flexibility index (Phi) is 7.46. The number of hydrogen-bond acceptors (Lipinski definition) is 7. The number of benzene rings is 2. The average Bonchev–Trinajstić information content (AvgIpc) is 3.08. The average molecular weight is 491 g/mol. The fraction of sp³-hybridized carbons (Fsp3) is 0.238. The lowest BCUT2D eigenvalue weighted by molar-refractivity contribution is -0.385. The largest absolute Gasteiger partial charge is 0.277 e. The van der Waals surface area contributed by atoms with E-state index in [-0.39, 0.29) is 29.4 Å². The van der Waals surface area contributed by atoms with Crippen LogP contribution in [0.5, 0.6) is 0 Å². The quantitative estimate of drug-likeness (QED) is 0.272. The van der Waals surface area contributed by atoms with Gasteiger partial charge in [0.05, 0.1) is 33.8 Å². The van der Waals surface area contributed by atoms with Gasteiger partial charge in [-0.2, -0.15) is 14.5 Å². The molecule has 0 aliphatic heterocycles. The summed E-state index contributed by atoms with van der Waals surface area (Å²) < 4.78 is 28.9. The van der Waals surface area contributed by atoms with E-state index in [1.807, 2.05) is 30.3 Å². The molecule has 12 heteroatoms. The third-order valence-corrected chi connectivity index (χ3v) is 7.38. The molecule has 0 unspecified atom stereocenters. The van der Waals surface area contributed by atoms with E-state index in [0.717, 1.165) is 11.8 Å². The fourth-order valence-electron chi connectivity index (χ4n) is 3.20. The van der Waals surface area contributed by atoms with Crippen LogP contribution >= 0.6 is 11.6 Å². The van der Waals surface area contributed by atoms with Crippen LogP contribution in [0.3, 0.4) is 0 Å². The van der Waals surface area contributed by atoms with Crippen molar-refractivity contribution in [1.29, 1.82) is 0 Å². The summed E-state index contributed by atoms with van der Waals surface area (Å²) in [5.74, 6) is 0. The highest BCUT2D eigenvalue weighted by Crippen LogP contribution is 2.29. The Morgan fingerprint density at radius 1 is 1.21 bits per heavy atom. The van der Waals surface area contributed by atoms with Crippen molar-refractivity contribution in [3.8, 4) is 5.69 Å². The topological polar surface area (TPSA) is 123 Å². The Bertz CT molecular complexity index is 1290. The molecule has 33 heavy (non-hydrogen) atoms. The van der Waals surface area contributed by atoms with E-state index < -0.39 is 14.9 Å². The third-order valence-electron chi connectivity index (χ3n) is 4.93. The highest BCUT2D eigenvalue weighted by atomic mass is 35.5. The molecule has 0 fully saturated rings. The number of nitrogens with one attached hydrogen (secondary N) is 1. The van der Waals surface area contributed by atoms with Crippen molar-refractivity contribution in [2.45, 2.75) is 25.7 Å². The number of hydrazone groups is 1. The summed E-state index contributed by atoms with van der Waals surface area (Å²) in [6.45, 7) is 5.60. The standard InChI is InChI=1S/C21H23ClN6O4S/c1-4-26(5-2)33(31,32)20-13-17(28(29)30)11-12-19(20)24-23-14-18-15(3)25-27(21(18)22)16-9-7-6-8-10-16/h6-14,24H,4-5H2,1-3H3/b23-14+. The fourth-order valence-corrected chi connectivity index (χ4v) is 5.14. The minimum atomic E-state index is -3.98. The predicted molar refractivity (Wildman–Crippen MR) is 128 cm³/mol. The van der Waals surface area contributed by atoms with Gasteiger partial charge in [0.2, 0.25) is 10.0 Å². The maximum Gasteiger partial charge on any atom is 0.270 e. The smallest absolute Gasteiger partial charge is 0.270 e. The molecule has 3 rings (SSSR count). The van der Waals surface area contributed by atoms with Gasteiger partial charge in [-0.25, -0.2) is 13.1 Å². The SMILES string of the molecule is CCN(CC)S(=O)(=O)c1cc([N+](=O)[O-])ccc1N/N=C/c1c(C)nn(-c2ccccc2)c1Cl. The molecule has 2 aromatic carbocycles. The Hall–Kier alpha value is -3.28. The maximum absolute atomic E-state index is 13.1. The summed E-state index contributed by atoms with van der Waals surface area (Å²) in [6.07, 6.45) is 1.43. The van der Waals surface area contributed by atoms with Crippen LogP contribution in [0.25, 0.3) is 5.69 Å². The molecule has 0 aliphatic carbocycles. The Morgan fingerprint density at radius 3 is 2.48 bits per heavy atom.